The van der Waals surface area contributed by atoms with E-state index in [-0.39, 0.29) is 17.6 Å². The smallest absolute Gasteiger partial charge is 0.250 e. The van der Waals surface area contributed by atoms with Gasteiger partial charge in [0.2, 0.25) is 5.91 Å². The van der Waals surface area contributed by atoms with Gasteiger partial charge in [0, 0.05) is 30.8 Å². The summed E-state index contributed by atoms with van der Waals surface area (Å²) in [5.41, 5.74) is 8.26. The summed E-state index contributed by atoms with van der Waals surface area (Å²) in [6, 6.07) is 15.9. The number of hydrogen-bond donors (Lipinski definition) is 1. The first-order valence-corrected chi connectivity index (χ1v) is 10.2. The van der Waals surface area contributed by atoms with Crippen LogP contribution in [0.4, 0.5) is 4.39 Å². The van der Waals surface area contributed by atoms with Crippen molar-refractivity contribution in [1.82, 2.24) is 9.88 Å². The Kier molecular flexibility index (Phi) is 5.74. The lowest BCUT2D eigenvalue weighted by molar-refractivity contribution is -0.132. The van der Waals surface area contributed by atoms with Gasteiger partial charge in [-0.15, -0.1) is 0 Å². The van der Waals surface area contributed by atoms with Crippen molar-refractivity contribution in [3.05, 3.63) is 77.2 Å². The number of primary amides is 1. The molecule has 1 atom stereocenters. The average Bonchev–Trinajstić information content (AvgIpc) is 2.77. The first-order valence-electron chi connectivity index (χ1n) is 10.2. The molecule has 1 saturated heterocycles. The molecule has 1 aromatic heterocycles. The molecular weight excluding hydrogens is 381 g/mol. The number of piperidine rings is 1. The molecule has 4 rings (SSSR count). The molecule has 1 aliphatic rings. The molecule has 30 heavy (non-hydrogen) atoms. The predicted molar refractivity (Wildman–Crippen MR) is 114 cm³/mol. The summed E-state index contributed by atoms with van der Waals surface area (Å²) in [6.45, 7) is 1.21. The predicted octanol–water partition coefficient (Wildman–Crippen LogP) is 3.81. The van der Waals surface area contributed by atoms with Gasteiger partial charge in [0.25, 0.3) is 5.91 Å². The van der Waals surface area contributed by atoms with Crippen LogP contribution in [-0.2, 0) is 11.2 Å². The molecule has 5 nitrogen and oxygen atoms in total. The molecule has 2 N–H and O–H groups in total. The minimum Gasteiger partial charge on any atom is -0.366 e. The zero-order valence-electron chi connectivity index (χ0n) is 16.7. The number of hydrogen-bond acceptors (Lipinski definition) is 3. The second-order valence-electron chi connectivity index (χ2n) is 7.79. The van der Waals surface area contributed by atoms with Crippen LogP contribution >= 0.6 is 0 Å². The van der Waals surface area contributed by atoms with Gasteiger partial charge in [-0.3, -0.25) is 14.6 Å². The van der Waals surface area contributed by atoms with E-state index in [0.29, 0.717) is 48.1 Å². The van der Waals surface area contributed by atoms with Gasteiger partial charge in [-0.2, -0.15) is 0 Å². The van der Waals surface area contributed by atoms with Crippen LogP contribution in [0.25, 0.3) is 10.9 Å². The topological polar surface area (TPSA) is 76.3 Å². The molecule has 154 valence electrons. The molecule has 3 aromatic rings. The normalized spacial score (nSPS) is 16.6. The van der Waals surface area contributed by atoms with E-state index in [1.165, 1.54) is 12.1 Å². The lowest BCUT2D eigenvalue weighted by atomic mass is 9.90. The second-order valence-corrected chi connectivity index (χ2v) is 7.79. The van der Waals surface area contributed by atoms with E-state index in [1.54, 1.807) is 12.1 Å². The van der Waals surface area contributed by atoms with Crippen molar-refractivity contribution in [2.45, 2.75) is 31.6 Å². The standard InChI is InChI=1S/C24H24FN3O2/c25-19-9-10-21-18(13-19)14-20(24(26)30)23(27-21)17-7-4-12-28(15-17)22(29)11-8-16-5-2-1-3-6-16/h1-3,5-6,9-10,13-14,17H,4,7-8,11-12,15H2,(H2,26,30)/t17-/m0/s1. The summed E-state index contributed by atoms with van der Waals surface area (Å²) < 4.78 is 13.6. The number of rotatable bonds is 5. The Morgan fingerprint density at radius 2 is 1.93 bits per heavy atom. The van der Waals surface area contributed by atoms with Crippen molar-refractivity contribution in [1.29, 1.82) is 0 Å². The summed E-state index contributed by atoms with van der Waals surface area (Å²) in [5.74, 6) is -0.945. The molecule has 0 radical (unpaired) electrons. The number of carbonyl (C=O) groups excluding carboxylic acids is 2. The highest BCUT2D eigenvalue weighted by Crippen LogP contribution is 2.30. The Morgan fingerprint density at radius 1 is 1.13 bits per heavy atom. The number of benzene rings is 2. The van der Waals surface area contributed by atoms with E-state index in [4.69, 9.17) is 5.73 Å². The Bertz CT molecular complexity index is 1080. The van der Waals surface area contributed by atoms with E-state index in [0.717, 1.165) is 18.4 Å². The van der Waals surface area contributed by atoms with Crippen molar-refractivity contribution < 1.29 is 14.0 Å². The van der Waals surface area contributed by atoms with Gasteiger partial charge in [-0.25, -0.2) is 4.39 Å². The van der Waals surface area contributed by atoms with Crippen LogP contribution in [0.1, 0.15) is 46.8 Å². The summed E-state index contributed by atoms with van der Waals surface area (Å²) in [4.78, 5) is 31.4. The third-order valence-electron chi connectivity index (χ3n) is 5.70. The maximum atomic E-state index is 13.6. The molecule has 0 aliphatic carbocycles. The molecule has 6 heteroatoms. The number of halogens is 1. The Hall–Kier alpha value is -3.28. The summed E-state index contributed by atoms with van der Waals surface area (Å²) >= 11 is 0. The minimum atomic E-state index is -0.587. The fourth-order valence-electron chi connectivity index (χ4n) is 4.15. The van der Waals surface area contributed by atoms with Crippen molar-refractivity contribution in [2.24, 2.45) is 5.73 Å². The van der Waals surface area contributed by atoms with Crippen LogP contribution in [-0.4, -0.2) is 34.8 Å². The van der Waals surface area contributed by atoms with E-state index in [1.807, 2.05) is 35.2 Å². The van der Waals surface area contributed by atoms with Gasteiger partial charge in [0.1, 0.15) is 5.82 Å². The van der Waals surface area contributed by atoms with Crippen molar-refractivity contribution >= 4 is 22.7 Å². The summed E-state index contributed by atoms with van der Waals surface area (Å²) in [5, 5.41) is 0.541. The van der Waals surface area contributed by atoms with Gasteiger partial charge in [0.05, 0.1) is 16.8 Å². The number of nitrogens with two attached hydrogens (primary N) is 1. The third kappa shape index (κ3) is 4.32. The molecule has 2 amide bonds. The molecule has 0 saturated carbocycles. The molecular formula is C24H24FN3O2. The number of nitrogens with zero attached hydrogens (tertiary/aromatic N) is 2. The summed E-state index contributed by atoms with van der Waals surface area (Å²) in [7, 11) is 0. The molecule has 0 unspecified atom stereocenters. The molecule has 2 aromatic carbocycles. The largest absolute Gasteiger partial charge is 0.366 e. The third-order valence-corrected chi connectivity index (χ3v) is 5.70. The monoisotopic (exact) mass is 405 g/mol. The molecule has 1 aliphatic heterocycles. The van der Waals surface area contributed by atoms with Gasteiger partial charge in [-0.05, 0) is 49.1 Å². The second kappa shape index (κ2) is 8.61. The highest BCUT2D eigenvalue weighted by molar-refractivity contribution is 5.97. The number of carbonyl (C=O) groups is 2. The van der Waals surface area contributed by atoms with Gasteiger partial charge >= 0.3 is 0 Å². The average molecular weight is 405 g/mol. The van der Waals surface area contributed by atoms with Crippen LogP contribution in [0.2, 0.25) is 0 Å². The number of aromatic nitrogens is 1. The number of likely N-dealkylation sites (tertiary alicyclic amines) is 1. The van der Waals surface area contributed by atoms with E-state index >= 15 is 0 Å². The maximum absolute atomic E-state index is 13.6. The van der Waals surface area contributed by atoms with Gasteiger partial charge in [-0.1, -0.05) is 30.3 Å². The molecule has 1 fully saturated rings. The van der Waals surface area contributed by atoms with E-state index in [9.17, 15) is 14.0 Å². The summed E-state index contributed by atoms with van der Waals surface area (Å²) in [6.07, 6.45) is 2.81. The highest BCUT2D eigenvalue weighted by atomic mass is 19.1. The number of aryl methyl sites for hydroxylation is 1. The number of amides is 2. The number of pyridine rings is 1. The SMILES string of the molecule is NC(=O)c1cc2cc(F)ccc2nc1[C@H]1CCCN(C(=O)CCc2ccccc2)C1. The molecule has 0 bridgehead atoms. The van der Waals surface area contributed by atoms with Gasteiger partial charge in [0.15, 0.2) is 0 Å². The minimum absolute atomic E-state index is 0.0728. The van der Waals surface area contributed by atoms with Crippen molar-refractivity contribution in [3.63, 3.8) is 0 Å². The number of fused-ring (bicyclic) bond motifs is 1. The zero-order valence-corrected chi connectivity index (χ0v) is 16.7. The van der Waals surface area contributed by atoms with Crippen molar-refractivity contribution in [3.8, 4) is 0 Å². The van der Waals surface area contributed by atoms with Gasteiger partial charge < -0.3 is 10.6 Å². The van der Waals surface area contributed by atoms with Crippen LogP contribution < -0.4 is 5.73 Å². The maximum Gasteiger partial charge on any atom is 0.250 e. The Balaban J connectivity index is 1.54. The van der Waals surface area contributed by atoms with E-state index < -0.39 is 5.91 Å². The first kappa shape index (κ1) is 20.0. The lowest BCUT2D eigenvalue weighted by Crippen LogP contribution is -2.40. The Morgan fingerprint density at radius 3 is 2.70 bits per heavy atom. The fraction of sp³-hybridized carbons (Fsp3) is 0.292. The van der Waals surface area contributed by atoms with Crippen LogP contribution in [0.15, 0.2) is 54.6 Å². The van der Waals surface area contributed by atoms with E-state index in [2.05, 4.69) is 4.98 Å². The zero-order chi connectivity index (χ0) is 21.1. The highest BCUT2D eigenvalue weighted by Gasteiger charge is 2.28. The fourth-order valence-corrected chi connectivity index (χ4v) is 4.15. The molecule has 0 spiro atoms. The van der Waals surface area contributed by atoms with Crippen LogP contribution in [0, 0.1) is 5.82 Å². The Labute approximate surface area is 174 Å². The quantitative estimate of drug-likeness (QED) is 0.701. The van der Waals surface area contributed by atoms with Crippen LogP contribution in [0.5, 0.6) is 0 Å². The van der Waals surface area contributed by atoms with Crippen LogP contribution in [0.3, 0.4) is 0 Å². The lowest BCUT2D eigenvalue weighted by Gasteiger charge is -2.33. The molecule has 2 heterocycles. The first-order chi connectivity index (χ1) is 14.5. The van der Waals surface area contributed by atoms with Crippen molar-refractivity contribution in [2.75, 3.05) is 13.1 Å².